The fraction of sp³-hybridized carbons (Fsp3) is 0.0455. The minimum atomic E-state index is -0.581. The van der Waals surface area contributed by atoms with Gasteiger partial charge in [-0.1, -0.05) is 29.3 Å². The van der Waals surface area contributed by atoms with Crippen molar-refractivity contribution >= 4 is 57.6 Å². The zero-order valence-corrected chi connectivity index (χ0v) is 18.5. The van der Waals surface area contributed by atoms with Gasteiger partial charge in [0.25, 0.3) is 5.69 Å². The zero-order chi connectivity index (χ0) is 23.5. The van der Waals surface area contributed by atoms with Gasteiger partial charge in [-0.2, -0.15) is 4.80 Å². The minimum Gasteiger partial charge on any atom is -0.495 e. The molecule has 33 heavy (non-hydrogen) atoms. The van der Waals surface area contributed by atoms with Crippen LogP contribution in [0.5, 0.6) is 5.75 Å². The van der Waals surface area contributed by atoms with Crippen molar-refractivity contribution in [2.24, 2.45) is 0 Å². The van der Waals surface area contributed by atoms with Gasteiger partial charge >= 0.3 is 0 Å². The maximum Gasteiger partial charge on any atom is 0.288 e. The Balaban J connectivity index is 1.50. The molecule has 0 fully saturated rings. The Morgan fingerprint density at radius 3 is 2.58 bits per heavy atom. The van der Waals surface area contributed by atoms with Crippen LogP contribution in [0.1, 0.15) is 5.56 Å². The lowest BCUT2D eigenvalue weighted by atomic mass is 10.2. The number of aromatic nitrogens is 3. The molecule has 0 aliphatic heterocycles. The number of hydrogen-bond donors (Lipinski definition) is 1. The normalized spacial score (nSPS) is 11.1. The molecule has 11 heteroatoms. The molecule has 1 aromatic heterocycles. The van der Waals surface area contributed by atoms with E-state index in [4.69, 9.17) is 27.9 Å². The highest BCUT2D eigenvalue weighted by Gasteiger charge is 2.12. The van der Waals surface area contributed by atoms with Crippen molar-refractivity contribution in [3.63, 3.8) is 0 Å². The van der Waals surface area contributed by atoms with Crippen LogP contribution in [0.2, 0.25) is 10.0 Å². The maximum absolute atomic E-state index is 12.3. The van der Waals surface area contributed by atoms with Crippen molar-refractivity contribution in [2.45, 2.75) is 0 Å². The fourth-order valence-corrected chi connectivity index (χ4v) is 3.46. The Morgan fingerprint density at radius 1 is 1.06 bits per heavy atom. The summed E-state index contributed by atoms with van der Waals surface area (Å²) in [6, 6.07) is 14.6. The first-order chi connectivity index (χ1) is 15.8. The molecule has 0 bridgehead atoms. The lowest BCUT2D eigenvalue weighted by Gasteiger charge is -2.04. The number of fused-ring (bicyclic) bond motifs is 1. The number of benzene rings is 3. The molecule has 166 valence electrons. The average Bonchev–Trinajstić information content (AvgIpc) is 3.21. The number of halogens is 2. The van der Waals surface area contributed by atoms with E-state index in [1.807, 2.05) is 0 Å². The molecule has 0 aliphatic carbocycles. The van der Waals surface area contributed by atoms with Gasteiger partial charge in [0.1, 0.15) is 21.8 Å². The second kappa shape index (κ2) is 9.27. The lowest BCUT2D eigenvalue weighted by Crippen LogP contribution is -2.07. The molecule has 0 saturated carbocycles. The summed E-state index contributed by atoms with van der Waals surface area (Å²) in [5, 5.41) is 23.0. The molecule has 4 aromatic rings. The number of carbonyl (C=O) groups is 1. The predicted molar refractivity (Wildman–Crippen MR) is 126 cm³/mol. The quantitative estimate of drug-likeness (QED) is 0.226. The van der Waals surface area contributed by atoms with Gasteiger partial charge < -0.3 is 10.1 Å². The minimum absolute atomic E-state index is 0.0276. The molecular weight excluding hydrogens is 469 g/mol. The summed E-state index contributed by atoms with van der Waals surface area (Å²) < 4.78 is 5.15. The van der Waals surface area contributed by atoms with Crippen molar-refractivity contribution in [3.8, 4) is 11.4 Å². The maximum atomic E-state index is 12.3. The molecule has 1 heterocycles. The van der Waals surface area contributed by atoms with Crippen molar-refractivity contribution in [1.82, 2.24) is 15.0 Å². The van der Waals surface area contributed by atoms with Gasteiger partial charge in [0, 0.05) is 17.8 Å². The van der Waals surface area contributed by atoms with Crippen molar-refractivity contribution in [3.05, 3.63) is 86.4 Å². The summed E-state index contributed by atoms with van der Waals surface area (Å²) in [6.45, 7) is 0. The van der Waals surface area contributed by atoms with E-state index in [2.05, 4.69) is 15.5 Å². The molecule has 0 aliphatic rings. The topological polar surface area (TPSA) is 112 Å². The molecule has 9 nitrogen and oxygen atoms in total. The van der Waals surface area contributed by atoms with E-state index in [9.17, 15) is 14.9 Å². The predicted octanol–water partition coefficient (Wildman–Crippen LogP) is 5.30. The number of nitro groups is 1. The van der Waals surface area contributed by atoms with Crippen LogP contribution in [0, 0.1) is 10.1 Å². The van der Waals surface area contributed by atoms with E-state index in [1.54, 1.807) is 42.5 Å². The molecule has 1 amide bonds. The van der Waals surface area contributed by atoms with Crippen molar-refractivity contribution < 1.29 is 14.5 Å². The summed E-state index contributed by atoms with van der Waals surface area (Å²) in [7, 11) is 1.53. The largest absolute Gasteiger partial charge is 0.495 e. The van der Waals surface area contributed by atoms with E-state index in [0.717, 1.165) is 0 Å². The molecule has 0 atom stereocenters. The Kier molecular flexibility index (Phi) is 6.25. The van der Waals surface area contributed by atoms with Crippen molar-refractivity contribution in [1.29, 1.82) is 0 Å². The first kappa shape index (κ1) is 22.3. The number of carbonyl (C=O) groups excluding carboxylic acids is 1. The molecule has 0 saturated heterocycles. The molecule has 0 spiro atoms. The van der Waals surface area contributed by atoms with E-state index in [1.165, 1.54) is 36.2 Å². The van der Waals surface area contributed by atoms with Crippen LogP contribution in [-0.2, 0) is 4.79 Å². The molecule has 3 aromatic carbocycles. The fourth-order valence-electron chi connectivity index (χ4n) is 3.02. The lowest BCUT2D eigenvalue weighted by molar-refractivity contribution is -0.384. The number of nitrogens with zero attached hydrogens (tertiary/aromatic N) is 4. The van der Waals surface area contributed by atoms with Gasteiger partial charge in [0.15, 0.2) is 0 Å². The third-order valence-corrected chi connectivity index (χ3v) is 5.22. The number of nitro benzene ring substituents is 1. The van der Waals surface area contributed by atoms with Crippen molar-refractivity contribution in [2.75, 3.05) is 12.4 Å². The number of nitrogens with one attached hydrogen (secondary N) is 1. The van der Waals surface area contributed by atoms with Crippen LogP contribution in [-0.4, -0.2) is 32.9 Å². The smallest absolute Gasteiger partial charge is 0.288 e. The summed E-state index contributed by atoms with van der Waals surface area (Å²) in [5.74, 6) is 0.129. The number of amides is 1. The highest BCUT2D eigenvalue weighted by atomic mass is 35.5. The number of anilines is 1. The zero-order valence-electron chi connectivity index (χ0n) is 17.0. The second-order valence-electron chi connectivity index (χ2n) is 6.80. The summed E-state index contributed by atoms with van der Waals surface area (Å²) >= 11 is 12.0. The molecule has 1 N–H and O–H groups in total. The number of ether oxygens (including phenoxy) is 1. The number of methoxy groups -OCH3 is 1. The van der Waals surface area contributed by atoms with Crippen LogP contribution in [0.15, 0.2) is 60.7 Å². The Hall–Kier alpha value is -3.95. The molecular formula is C22H15Cl2N5O4. The summed E-state index contributed by atoms with van der Waals surface area (Å²) in [6.07, 6.45) is 2.73. The summed E-state index contributed by atoms with van der Waals surface area (Å²) in [5.41, 5.74) is 2.60. The van der Waals surface area contributed by atoms with Gasteiger partial charge in [0.2, 0.25) is 5.91 Å². The van der Waals surface area contributed by atoms with E-state index >= 15 is 0 Å². The van der Waals surface area contributed by atoms with E-state index in [0.29, 0.717) is 38.7 Å². The van der Waals surface area contributed by atoms with Gasteiger partial charge in [-0.3, -0.25) is 14.9 Å². The monoisotopic (exact) mass is 483 g/mol. The van der Waals surface area contributed by atoms with Crippen LogP contribution >= 0.6 is 23.2 Å². The first-order valence-corrected chi connectivity index (χ1v) is 10.2. The van der Waals surface area contributed by atoms with E-state index in [-0.39, 0.29) is 10.7 Å². The SMILES string of the molecule is COc1ccc(-n2nc3ccc(NC(=O)/C=C/c4ccc(Cl)c([N+](=O)[O-])c4)cc3n2)cc1Cl. The van der Waals surface area contributed by atoms with Crippen LogP contribution < -0.4 is 10.1 Å². The third kappa shape index (κ3) is 4.94. The highest BCUT2D eigenvalue weighted by Crippen LogP contribution is 2.27. The Bertz CT molecular complexity index is 1420. The first-order valence-electron chi connectivity index (χ1n) is 9.48. The van der Waals surface area contributed by atoms with E-state index < -0.39 is 10.8 Å². The Labute approximate surface area is 197 Å². The second-order valence-corrected chi connectivity index (χ2v) is 7.62. The Morgan fingerprint density at radius 2 is 1.85 bits per heavy atom. The number of rotatable bonds is 6. The van der Waals surface area contributed by atoms with Gasteiger partial charge in [-0.05, 0) is 54.1 Å². The molecule has 4 rings (SSSR count). The molecule has 0 radical (unpaired) electrons. The van der Waals surface area contributed by atoms with Crippen LogP contribution in [0.25, 0.3) is 22.8 Å². The average molecular weight is 484 g/mol. The third-order valence-electron chi connectivity index (χ3n) is 4.61. The van der Waals surface area contributed by atoms with Crippen LogP contribution in [0.3, 0.4) is 0 Å². The van der Waals surface area contributed by atoms with Crippen LogP contribution in [0.4, 0.5) is 11.4 Å². The number of hydrogen-bond acceptors (Lipinski definition) is 6. The highest BCUT2D eigenvalue weighted by molar-refractivity contribution is 6.32. The van der Waals surface area contributed by atoms with Gasteiger partial charge in [0.05, 0.1) is 22.7 Å². The standard InChI is InChI=1S/C22H15Cl2N5O4/c1-33-21-8-5-15(12-17(21)24)28-26-18-7-4-14(11-19(18)27-28)25-22(30)9-3-13-2-6-16(23)20(10-13)29(31)32/h2-12H,1H3,(H,25,30)/b9-3+. The van der Waals surface area contributed by atoms with Gasteiger partial charge in [-0.25, -0.2) is 0 Å². The van der Waals surface area contributed by atoms with Gasteiger partial charge in [-0.15, -0.1) is 10.2 Å². The molecule has 0 unspecified atom stereocenters. The summed E-state index contributed by atoms with van der Waals surface area (Å²) in [4.78, 5) is 24.2.